The van der Waals surface area contributed by atoms with Crippen molar-refractivity contribution in [2.24, 2.45) is 0 Å². The number of piperidine rings is 1. The zero-order valence-electron chi connectivity index (χ0n) is 11.5. The van der Waals surface area contributed by atoms with E-state index in [0.29, 0.717) is 25.9 Å². The minimum absolute atomic E-state index is 0.104. The fourth-order valence-electron chi connectivity index (χ4n) is 2.24. The van der Waals surface area contributed by atoms with Crippen molar-refractivity contribution < 1.29 is 9.59 Å². The van der Waals surface area contributed by atoms with Gasteiger partial charge in [-0.25, -0.2) is 0 Å². The van der Waals surface area contributed by atoms with Crippen LogP contribution < -0.4 is 10.6 Å². The molecule has 18 heavy (non-hydrogen) atoms. The Hall–Kier alpha value is -1.10. The summed E-state index contributed by atoms with van der Waals surface area (Å²) in [7, 11) is 1.84. The van der Waals surface area contributed by atoms with Gasteiger partial charge in [0.2, 0.25) is 11.8 Å². The largest absolute Gasteiger partial charge is 0.352 e. The monoisotopic (exact) mass is 255 g/mol. The molecule has 2 N–H and O–H groups in total. The molecule has 1 aliphatic heterocycles. The van der Waals surface area contributed by atoms with Crippen LogP contribution in [0, 0.1) is 0 Å². The van der Waals surface area contributed by atoms with E-state index in [2.05, 4.69) is 10.6 Å². The molecule has 0 radical (unpaired) electrons. The molecule has 1 aliphatic rings. The maximum absolute atomic E-state index is 11.9. The van der Waals surface area contributed by atoms with E-state index in [1.807, 2.05) is 18.9 Å². The van der Waals surface area contributed by atoms with Crippen LogP contribution >= 0.6 is 0 Å². The first-order valence-electron chi connectivity index (χ1n) is 6.89. The van der Waals surface area contributed by atoms with E-state index in [9.17, 15) is 9.59 Å². The van der Waals surface area contributed by atoms with Gasteiger partial charge in [-0.3, -0.25) is 9.59 Å². The Bertz CT molecular complexity index is 281. The van der Waals surface area contributed by atoms with Crippen molar-refractivity contribution in [2.75, 3.05) is 26.7 Å². The van der Waals surface area contributed by atoms with E-state index >= 15 is 0 Å². The van der Waals surface area contributed by atoms with Crippen LogP contribution in [0.25, 0.3) is 0 Å². The predicted octanol–water partition coefficient (Wildman–Crippen LogP) is 0.503. The number of hydrogen-bond acceptors (Lipinski definition) is 3. The highest BCUT2D eigenvalue weighted by Gasteiger charge is 2.23. The summed E-state index contributed by atoms with van der Waals surface area (Å²) in [6.07, 6.45) is 3.92. The van der Waals surface area contributed by atoms with Crippen LogP contribution in [0.15, 0.2) is 0 Å². The van der Waals surface area contributed by atoms with Gasteiger partial charge in [0.05, 0.1) is 0 Å². The fraction of sp³-hybridized carbons (Fsp3) is 0.846. The molecule has 1 unspecified atom stereocenters. The van der Waals surface area contributed by atoms with Crippen LogP contribution in [0.3, 0.4) is 0 Å². The molecule has 5 heteroatoms. The van der Waals surface area contributed by atoms with Gasteiger partial charge in [-0.2, -0.15) is 0 Å². The summed E-state index contributed by atoms with van der Waals surface area (Å²) in [6, 6.07) is 0.135. The summed E-state index contributed by atoms with van der Waals surface area (Å²) in [6.45, 7) is 4.19. The second-order valence-corrected chi connectivity index (χ2v) is 4.85. The molecule has 1 heterocycles. The zero-order chi connectivity index (χ0) is 13.4. The Morgan fingerprint density at radius 2 is 2.11 bits per heavy atom. The number of nitrogens with one attached hydrogen (secondary N) is 2. The predicted molar refractivity (Wildman–Crippen MR) is 71.2 cm³/mol. The third-order valence-electron chi connectivity index (χ3n) is 3.21. The van der Waals surface area contributed by atoms with Gasteiger partial charge in [0.25, 0.3) is 0 Å². The molecule has 1 fully saturated rings. The Kier molecular flexibility index (Phi) is 6.72. The lowest BCUT2D eigenvalue weighted by molar-refractivity contribution is -0.133. The number of carbonyl (C=O) groups excluding carboxylic acids is 2. The van der Waals surface area contributed by atoms with E-state index in [0.717, 1.165) is 25.8 Å². The first kappa shape index (κ1) is 15.0. The van der Waals surface area contributed by atoms with E-state index in [1.165, 1.54) is 0 Å². The molecule has 2 amide bonds. The normalized spacial score (nSPS) is 19.7. The van der Waals surface area contributed by atoms with Crippen molar-refractivity contribution in [1.29, 1.82) is 0 Å². The van der Waals surface area contributed by atoms with Gasteiger partial charge in [-0.05, 0) is 26.3 Å². The van der Waals surface area contributed by atoms with Gasteiger partial charge < -0.3 is 15.5 Å². The Morgan fingerprint density at radius 3 is 2.78 bits per heavy atom. The molecule has 1 atom stereocenters. The van der Waals surface area contributed by atoms with Crippen molar-refractivity contribution in [1.82, 2.24) is 15.5 Å². The number of likely N-dealkylation sites (tertiary alicyclic amines) is 1. The second-order valence-electron chi connectivity index (χ2n) is 4.85. The number of hydrogen-bond donors (Lipinski definition) is 2. The Morgan fingerprint density at radius 1 is 1.33 bits per heavy atom. The number of amides is 2. The van der Waals surface area contributed by atoms with Gasteiger partial charge >= 0.3 is 0 Å². The maximum Gasteiger partial charge on any atom is 0.223 e. The molecule has 0 spiro atoms. The summed E-state index contributed by atoms with van der Waals surface area (Å²) < 4.78 is 0. The topological polar surface area (TPSA) is 61.4 Å². The first-order valence-corrected chi connectivity index (χ1v) is 6.89. The molecule has 1 saturated heterocycles. The van der Waals surface area contributed by atoms with Crippen molar-refractivity contribution in [3.63, 3.8) is 0 Å². The Labute approximate surface area is 109 Å². The molecule has 5 nitrogen and oxygen atoms in total. The molecule has 0 saturated carbocycles. The summed E-state index contributed by atoms with van der Waals surface area (Å²) in [5.74, 6) is 0.283. The first-order chi connectivity index (χ1) is 8.67. The molecule has 0 bridgehead atoms. The van der Waals surface area contributed by atoms with Gasteiger partial charge in [-0.1, -0.05) is 6.92 Å². The quantitative estimate of drug-likeness (QED) is 0.726. The lowest BCUT2D eigenvalue weighted by atomic mass is 10.0. The van der Waals surface area contributed by atoms with Crippen LogP contribution in [-0.4, -0.2) is 49.4 Å². The SMILES string of the molecule is CCCC(=O)NC1CCCN(C(=O)CCNC)C1. The molecular weight excluding hydrogens is 230 g/mol. The minimum atomic E-state index is 0.104. The van der Waals surface area contributed by atoms with E-state index in [4.69, 9.17) is 0 Å². The maximum atomic E-state index is 11.9. The summed E-state index contributed by atoms with van der Waals surface area (Å²) in [4.78, 5) is 25.3. The third kappa shape index (κ3) is 5.04. The highest BCUT2D eigenvalue weighted by Crippen LogP contribution is 2.11. The zero-order valence-corrected chi connectivity index (χ0v) is 11.5. The average molecular weight is 255 g/mol. The molecular formula is C13H25N3O2. The Balaban J connectivity index is 2.36. The van der Waals surface area contributed by atoms with Gasteiger partial charge in [-0.15, -0.1) is 0 Å². The summed E-state index contributed by atoms with van der Waals surface area (Å²) >= 11 is 0. The molecule has 0 aromatic carbocycles. The lowest BCUT2D eigenvalue weighted by Crippen LogP contribution is -2.49. The van der Waals surface area contributed by atoms with Crippen molar-refractivity contribution in [3.05, 3.63) is 0 Å². The van der Waals surface area contributed by atoms with Crippen LogP contribution in [0.2, 0.25) is 0 Å². The standard InChI is InChI=1S/C13H25N3O2/c1-3-5-12(17)15-11-6-4-9-16(10-11)13(18)7-8-14-2/h11,14H,3-10H2,1-2H3,(H,15,17). The van der Waals surface area contributed by atoms with Crippen LogP contribution in [0.1, 0.15) is 39.0 Å². The number of rotatable bonds is 6. The van der Waals surface area contributed by atoms with Gasteiger partial charge in [0, 0.05) is 38.5 Å². The highest BCUT2D eigenvalue weighted by atomic mass is 16.2. The van der Waals surface area contributed by atoms with E-state index in [1.54, 1.807) is 0 Å². The smallest absolute Gasteiger partial charge is 0.223 e. The van der Waals surface area contributed by atoms with Crippen LogP contribution in [0.4, 0.5) is 0 Å². The number of carbonyl (C=O) groups is 2. The highest BCUT2D eigenvalue weighted by molar-refractivity contribution is 5.77. The average Bonchev–Trinajstić information content (AvgIpc) is 2.36. The number of nitrogens with zero attached hydrogens (tertiary/aromatic N) is 1. The van der Waals surface area contributed by atoms with E-state index in [-0.39, 0.29) is 17.9 Å². The second kappa shape index (κ2) is 8.08. The molecule has 1 rings (SSSR count). The van der Waals surface area contributed by atoms with Crippen LogP contribution in [-0.2, 0) is 9.59 Å². The molecule has 104 valence electrons. The summed E-state index contributed by atoms with van der Waals surface area (Å²) in [5.41, 5.74) is 0. The van der Waals surface area contributed by atoms with Gasteiger partial charge in [0.15, 0.2) is 0 Å². The molecule has 0 aliphatic carbocycles. The van der Waals surface area contributed by atoms with E-state index < -0.39 is 0 Å². The van der Waals surface area contributed by atoms with Gasteiger partial charge in [0.1, 0.15) is 0 Å². The van der Waals surface area contributed by atoms with Crippen LogP contribution in [0.5, 0.6) is 0 Å². The molecule has 0 aromatic rings. The van der Waals surface area contributed by atoms with Crippen molar-refractivity contribution in [3.8, 4) is 0 Å². The third-order valence-corrected chi connectivity index (χ3v) is 3.21. The molecule has 0 aromatic heterocycles. The van der Waals surface area contributed by atoms with Crippen molar-refractivity contribution >= 4 is 11.8 Å². The fourth-order valence-corrected chi connectivity index (χ4v) is 2.24. The van der Waals surface area contributed by atoms with Crippen molar-refractivity contribution in [2.45, 2.75) is 45.1 Å². The minimum Gasteiger partial charge on any atom is -0.352 e. The lowest BCUT2D eigenvalue weighted by Gasteiger charge is -2.33. The summed E-state index contributed by atoms with van der Waals surface area (Å²) in [5, 5.41) is 5.99.